The molecule has 3 amide bonds. The highest BCUT2D eigenvalue weighted by Gasteiger charge is 2.33. The maximum atomic E-state index is 13.5. The van der Waals surface area contributed by atoms with Crippen molar-refractivity contribution in [3.8, 4) is 5.75 Å². The van der Waals surface area contributed by atoms with Gasteiger partial charge in [-0.2, -0.15) is 0 Å². The normalized spacial score (nSPS) is 15.0. The lowest BCUT2D eigenvalue weighted by molar-refractivity contribution is -0.142. The number of carboxylic acids is 1. The molecule has 0 saturated heterocycles. The molecule has 1 aromatic heterocycles. The van der Waals surface area contributed by atoms with E-state index in [1.54, 1.807) is 25.3 Å². The first-order valence-electron chi connectivity index (χ1n) is 13.1. The van der Waals surface area contributed by atoms with Crippen LogP contribution in [0.25, 0.3) is 0 Å². The third kappa shape index (κ3) is 10.0. The fraction of sp³-hybridized carbons (Fsp3) is 0.519. The number of imidazole rings is 1. The van der Waals surface area contributed by atoms with Crippen LogP contribution in [0.5, 0.6) is 5.75 Å². The van der Waals surface area contributed by atoms with E-state index in [0.717, 1.165) is 0 Å². The first-order chi connectivity index (χ1) is 18.4. The molecule has 0 aliphatic heterocycles. The smallest absolute Gasteiger partial charge is 0.326 e. The number of nitrogens with zero attached hydrogens (tertiary/aromatic N) is 1. The number of aromatic amines is 1. The van der Waals surface area contributed by atoms with Crippen molar-refractivity contribution >= 4 is 23.7 Å². The van der Waals surface area contributed by atoms with Gasteiger partial charge in [0.25, 0.3) is 0 Å². The molecule has 39 heavy (non-hydrogen) atoms. The van der Waals surface area contributed by atoms with Gasteiger partial charge in [0.1, 0.15) is 23.9 Å². The van der Waals surface area contributed by atoms with Crippen LogP contribution >= 0.6 is 0 Å². The molecule has 1 heterocycles. The zero-order valence-corrected chi connectivity index (χ0v) is 22.8. The predicted octanol–water partition coefficient (Wildman–Crippen LogP) is 0.859. The topological polar surface area (TPSA) is 200 Å². The Balaban J connectivity index is 2.23. The SMILES string of the molecule is CCC(C)C(NC(=O)C(N)Cc1cnc[nH]1)C(=O)NC(Cc1ccc(O)cc1)C(=O)NC(CC(C)C)C(=O)O. The molecular weight excluding hydrogens is 504 g/mol. The van der Waals surface area contributed by atoms with Crippen LogP contribution in [0.2, 0.25) is 0 Å². The van der Waals surface area contributed by atoms with Gasteiger partial charge in [0.15, 0.2) is 0 Å². The number of carbonyl (C=O) groups is 4. The van der Waals surface area contributed by atoms with Crippen molar-refractivity contribution < 1.29 is 29.4 Å². The van der Waals surface area contributed by atoms with E-state index in [4.69, 9.17) is 5.73 Å². The Morgan fingerprint density at radius 1 is 0.949 bits per heavy atom. The number of benzene rings is 1. The molecule has 0 spiro atoms. The quantitative estimate of drug-likeness (QED) is 0.171. The van der Waals surface area contributed by atoms with E-state index >= 15 is 0 Å². The standard InChI is InChI=1S/C27H40N6O6/c1-5-16(4)23(33-24(35)20(28)12-18-13-29-14-30-18)26(37)31-21(11-17-6-8-19(34)9-7-17)25(36)32-22(27(38)39)10-15(2)3/h6-9,13-16,20-23,34H,5,10-12,28H2,1-4H3,(H,29,30)(H,31,37)(H,32,36)(H,33,35)(H,38,39). The van der Waals surface area contributed by atoms with E-state index in [-0.39, 0.29) is 36.8 Å². The van der Waals surface area contributed by atoms with Gasteiger partial charge in [0, 0.05) is 24.7 Å². The van der Waals surface area contributed by atoms with E-state index in [0.29, 0.717) is 17.7 Å². The Morgan fingerprint density at radius 2 is 1.59 bits per heavy atom. The molecule has 214 valence electrons. The molecule has 8 N–H and O–H groups in total. The molecule has 0 aliphatic carbocycles. The summed E-state index contributed by atoms with van der Waals surface area (Å²) >= 11 is 0. The van der Waals surface area contributed by atoms with Crippen molar-refractivity contribution in [2.75, 3.05) is 0 Å². The number of phenolic OH excluding ortho intramolecular Hbond substituents is 1. The highest BCUT2D eigenvalue weighted by Crippen LogP contribution is 2.14. The molecule has 0 fully saturated rings. The third-order valence-electron chi connectivity index (χ3n) is 6.46. The Bertz CT molecular complexity index is 1090. The second kappa shape index (κ2) is 14.9. The highest BCUT2D eigenvalue weighted by molar-refractivity contribution is 5.94. The number of amides is 3. The number of H-pyrrole nitrogens is 1. The summed E-state index contributed by atoms with van der Waals surface area (Å²) in [5, 5.41) is 27.2. The number of aromatic nitrogens is 2. The Labute approximate surface area is 228 Å². The van der Waals surface area contributed by atoms with Gasteiger partial charge in [0.2, 0.25) is 17.7 Å². The number of rotatable bonds is 15. The number of aliphatic carboxylic acids is 1. The van der Waals surface area contributed by atoms with Crippen LogP contribution < -0.4 is 21.7 Å². The summed E-state index contributed by atoms with van der Waals surface area (Å²) in [7, 11) is 0. The molecule has 5 unspecified atom stereocenters. The van der Waals surface area contributed by atoms with Gasteiger partial charge in [-0.3, -0.25) is 14.4 Å². The molecule has 2 aromatic rings. The molecule has 0 saturated carbocycles. The van der Waals surface area contributed by atoms with Crippen LogP contribution in [0.4, 0.5) is 0 Å². The lowest BCUT2D eigenvalue weighted by atomic mass is 9.96. The van der Waals surface area contributed by atoms with Gasteiger partial charge in [-0.15, -0.1) is 0 Å². The summed E-state index contributed by atoms with van der Waals surface area (Å²) in [4.78, 5) is 58.1. The maximum Gasteiger partial charge on any atom is 0.326 e. The van der Waals surface area contributed by atoms with Gasteiger partial charge in [-0.25, -0.2) is 9.78 Å². The summed E-state index contributed by atoms with van der Waals surface area (Å²) < 4.78 is 0. The second-order valence-corrected chi connectivity index (χ2v) is 10.2. The minimum atomic E-state index is -1.18. The second-order valence-electron chi connectivity index (χ2n) is 10.2. The number of hydrogen-bond donors (Lipinski definition) is 7. The van der Waals surface area contributed by atoms with Crippen molar-refractivity contribution in [1.82, 2.24) is 25.9 Å². The summed E-state index contributed by atoms with van der Waals surface area (Å²) in [6, 6.07) is 1.91. The van der Waals surface area contributed by atoms with Crippen LogP contribution in [0.3, 0.4) is 0 Å². The molecule has 0 bridgehead atoms. The molecule has 12 nitrogen and oxygen atoms in total. The first kappa shape index (κ1) is 31.3. The van der Waals surface area contributed by atoms with Gasteiger partial charge in [-0.1, -0.05) is 46.2 Å². The number of phenols is 1. The molecule has 2 rings (SSSR count). The van der Waals surface area contributed by atoms with Crippen molar-refractivity contribution in [2.45, 2.75) is 77.5 Å². The molecule has 0 radical (unpaired) electrons. The fourth-order valence-electron chi connectivity index (χ4n) is 3.99. The lowest BCUT2D eigenvalue weighted by Gasteiger charge is -2.28. The largest absolute Gasteiger partial charge is 0.508 e. The first-order valence-corrected chi connectivity index (χ1v) is 13.1. The number of hydrogen-bond acceptors (Lipinski definition) is 7. The minimum Gasteiger partial charge on any atom is -0.508 e. The predicted molar refractivity (Wildman–Crippen MR) is 144 cm³/mol. The van der Waals surface area contributed by atoms with E-state index < -0.39 is 47.9 Å². The van der Waals surface area contributed by atoms with Gasteiger partial charge >= 0.3 is 5.97 Å². The average Bonchev–Trinajstić information content (AvgIpc) is 3.39. The number of aromatic hydroxyl groups is 1. The van der Waals surface area contributed by atoms with Crippen LogP contribution in [0, 0.1) is 11.8 Å². The molecular formula is C27H40N6O6. The van der Waals surface area contributed by atoms with Crippen molar-refractivity contribution in [3.63, 3.8) is 0 Å². The zero-order valence-electron chi connectivity index (χ0n) is 22.8. The van der Waals surface area contributed by atoms with Gasteiger partial charge in [0.05, 0.1) is 12.4 Å². The van der Waals surface area contributed by atoms with Crippen molar-refractivity contribution in [2.24, 2.45) is 17.6 Å². The van der Waals surface area contributed by atoms with Crippen LogP contribution in [-0.2, 0) is 32.0 Å². The van der Waals surface area contributed by atoms with E-state index in [9.17, 15) is 29.4 Å². The van der Waals surface area contributed by atoms with Crippen molar-refractivity contribution in [1.29, 1.82) is 0 Å². The summed E-state index contributed by atoms with van der Waals surface area (Å²) in [6.45, 7) is 7.34. The zero-order chi connectivity index (χ0) is 29.1. The van der Waals surface area contributed by atoms with Crippen LogP contribution in [0.15, 0.2) is 36.8 Å². The molecule has 12 heteroatoms. The fourth-order valence-corrected chi connectivity index (χ4v) is 3.99. The van der Waals surface area contributed by atoms with E-state index in [2.05, 4.69) is 25.9 Å². The van der Waals surface area contributed by atoms with Crippen molar-refractivity contribution in [3.05, 3.63) is 48.0 Å². The van der Waals surface area contributed by atoms with E-state index in [1.807, 2.05) is 20.8 Å². The van der Waals surface area contributed by atoms with Gasteiger partial charge < -0.3 is 36.9 Å². The Kier molecular flexibility index (Phi) is 11.9. The lowest BCUT2D eigenvalue weighted by Crippen LogP contribution is -2.59. The summed E-state index contributed by atoms with van der Waals surface area (Å²) in [5.41, 5.74) is 7.36. The van der Waals surface area contributed by atoms with Gasteiger partial charge in [-0.05, 0) is 36.0 Å². The summed E-state index contributed by atoms with van der Waals surface area (Å²) in [5.74, 6) is -3.23. The van der Waals surface area contributed by atoms with E-state index in [1.165, 1.54) is 18.5 Å². The number of carbonyl (C=O) groups excluding carboxylic acids is 3. The Hall–Kier alpha value is -3.93. The minimum absolute atomic E-state index is 0.00695. The third-order valence-corrected chi connectivity index (χ3v) is 6.46. The number of nitrogens with two attached hydrogens (primary N) is 1. The number of carboxylic acid groups (broad SMARTS) is 1. The highest BCUT2D eigenvalue weighted by atomic mass is 16.4. The monoisotopic (exact) mass is 544 g/mol. The Morgan fingerprint density at radius 3 is 2.13 bits per heavy atom. The molecule has 1 aromatic carbocycles. The average molecular weight is 545 g/mol. The van der Waals surface area contributed by atoms with Crippen LogP contribution in [-0.4, -0.2) is 68.0 Å². The maximum absolute atomic E-state index is 13.5. The number of nitrogens with one attached hydrogen (secondary N) is 4. The summed E-state index contributed by atoms with van der Waals surface area (Å²) in [6.07, 6.45) is 4.03. The van der Waals surface area contributed by atoms with Crippen LogP contribution in [0.1, 0.15) is 51.8 Å². The molecule has 0 aliphatic rings. The molecule has 5 atom stereocenters.